The number of thioether (sulfide) groups is 1. The van der Waals surface area contributed by atoms with Crippen molar-refractivity contribution in [3.05, 3.63) is 148 Å². The van der Waals surface area contributed by atoms with Crippen LogP contribution in [0.4, 0.5) is 0 Å². The van der Waals surface area contributed by atoms with Crippen molar-refractivity contribution in [1.82, 2.24) is 0 Å². The van der Waals surface area contributed by atoms with Gasteiger partial charge in [-0.15, -0.1) is 11.8 Å². The van der Waals surface area contributed by atoms with Crippen LogP contribution in [0.5, 0.6) is 0 Å². The van der Waals surface area contributed by atoms with E-state index in [0.29, 0.717) is 0 Å². The van der Waals surface area contributed by atoms with E-state index >= 15 is 0 Å². The first kappa shape index (κ1) is 20.1. The molecule has 1 unspecified atom stereocenters. The van der Waals surface area contributed by atoms with E-state index in [1.807, 2.05) is 11.8 Å². The number of benzene rings is 4. The molecule has 0 aromatic heterocycles. The highest BCUT2D eigenvalue weighted by Crippen LogP contribution is 2.54. The third kappa shape index (κ3) is 4.32. The second-order valence-corrected chi connectivity index (χ2v) is 9.55. The molecule has 1 aliphatic rings. The summed E-state index contributed by atoms with van der Waals surface area (Å²) in [6.45, 7) is 0. The van der Waals surface area contributed by atoms with Crippen molar-refractivity contribution in [1.29, 1.82) is 0 Å². The summed E-state index contributed by atoms with van der Waals surface area (Å²) in [6.07, 6.45) is 2.37. The minimum atomic E-state index is 0.211. The fourth-order valence-corrected chi connectivity index (χ4v) is 5.63. The van der Waals surface area contributed by atoms with Gasteiger partial charge in [-0.05, 0) is 51.6 Å². The molecular weight excluding hydrogens is 460 g/mol. The van der Waals surface area contributed by atoms with Gasteiger partial charge in [0.05, 0.1) is 5.25 Å². The molecule has 0 nitrogen and oxygen atoms in total. The van der Waals surface area contributed by atoms with Gasteiger partial charge in [0.15, 0.2) is 0 Å². The summed E-state index contributed by atoms with van der Waals surface area (Å²) in [6, 6.07) is 41.0. The Morgan fingerprint density at radius 1 is 0.548 bits per heavy atom. The lowest BCUT2D eigenvalue weighted by Gasteiger charge is -2.29. The molecule has 0 amide bonds. The molecule has 1 aliphatic heterocycles. The second-order valence-electron chi connectivity index (χ2n) is 7.48. The fourth-order valence-electron chi connectivity index (χ4n) is 3.98. The third-order valence-electron chi connectivity index (χ3n) is 5.47. The summed E-state index contributed by atoms with van der Waals surface area (Å²) >= 11 is 5.53. The Balaban J connectivity index is 1.78. The summed E-state index contributed by atoms with van der Waals surface area (Å²) in [7, 11) is 0. The Morgan fingerprint density at radius 3 is 1.71 bits per heavy atom. The second kappa shape index (κ2) is 9.13. The van der Waals surface area contributed by atoms with Crippen molar-refractivity contribution >= 4 is 43.7 Å². The maximum absolute atomic E-state index is 3.59. The zero-order chi connectivity index (χ0) is 21.0. The Bertz CT molecular complexity index is 1220. The number of hydrogen-bond donors (Lipinski definition) is 0. The fraction of sp³-hybridized carbons (Fsp3) is 0.0345. The van der Waals surface area contributed by atoms with Crippen molar-refractivity contribution in [2.75, 3.05) is 0 Å². The van der Waals surface area contributed by atoms with Gasteiger partial charge in [-0.2, -0.15) is 0 Å². The monoisotopic (exact) mass is 480 g/mol. The topological polar surface area (TPSA) is 0 Å². The highest BCUT2D eigenvalue weighted by Gasteiger charge is 2.28. The standard InChI is InChI=1S/C29H21BrS/c30-25-18-16-21(17-19-25)26-20-27(22-10-4-1-5-11-22)31-29(24-14-8-3-9-15-24)28(26)23-12-6-2-7-13-23/h1-20,29H. The van der Waals surface area contributed by atoms with Crippen LogP contribution < -0.4 is 0 Å². The SMILES string of the molecule is Brc1ccc(C2=C(c3ccccc3)C(c3ccccc3)SC(c3ccccc3)=C2)cc1. The largest absolute Gasteiger partial charge is 0.112 e. The quantitative estimate of drug-likeness (QED) is 0.280. The van der Waals surface area contributed by atoms with Crippen LogP contribution in [-0.4, -0.2) is 0 Å². The van der Waals surface area contributed by atoms with Gasteiger partial charge in [-0.1, -0.05) is 119 Å². The lowest BCUT2D eigenvalue weighted by atomic mass is 9.88. The highest BCUT2D eigenvalue weighted by molar-refractivity contribution is 9.10. The molecule has 4 aromatic rings. The lowest BCUT2D eigenvalue weighted by Crippen LogP contribution is -2.06. The van der Waals surface area contributed by atoms with E-state index in [1.54, 1.807) is 0 Å². The van der Waals surface area contributed by atoms with Crippen molar-refractivity contribution in [3.63, 3.8) is 0 Å². The van der Waals surface area contributed by atoms with E-state index in [9.17, 15) is 0 Å². The van der Waals surface area contributed by atoms with Gasteiger partial charge in [-0.25, -0.2) is 0 Å². The van der Waals surface area contributed by atoms with Gasteiger partial charge < -0.3 is 0 Å². The Labute approximate surface area is 196 Å². The van der Waals surface area contributed by atoms with Gasteiger partial charge in [0, 0.05) is 9.38 Å². The molecule has 31 heavy (non-hydrogen) atoms. The average Bonchev–Trinajstić information content (AvgIpc) is 2.85. The van der Waals surface area contributed by atoms with Crippen LogP contribution in [0.2, 0.25) is 0 Å². The van der Waals surface area contributed by atoms with Gasteiger partial charge in [0.2, 0.25) is 0 Å². The molecule has 0 spiro atoms. The molecule has 0 fully saturated rings. The van der Waals surface area contributed by atoms with Gasteiger partial charge >= 0.3 is 0 Å². The van der Waals surface area contributed by atoms with Crippen molar-refractivity contribution in [2.45, 2.75) is 5.25 Å². The average molecular weight is 481 g/mol. The molecule has 1 heterocycles. The first-order valence-corrected chi connectivity index (χ1v) is 12.0. The summed E-state index contributed by atoms with van der Waals surface area (Å²) in [5.74, 6) is 0. The smallest absolute Gasteiger partial charge is 0.0606 e. The minimum absolute atomic E-state index is 0.211. The Hall–Kier alpha value is -2.81. The normalized spacial score (nSPS) is 16.2. The molecule has 0 saturated heterocycles. The van der Waals surface area contributed by atoms with E-state index in [0.717, 1.165) is 4.47 Å². The van der Waals surface area contributed by atoms with Gasteiger partial charge in [0.1, 0.15) is 0 Å². The van der Waals surface area contributed by atoms with E-state index in [4.69, 9.17) is 0 Å². The van der Waals surface area contributed by atoms with Crippen molar-refractivity contribution in [2.24, 2.45) is 0 Å². The summed E-state index contributed by atoms with van der Waals surface area (Å²) in [5.41, 5.74) is 7.73. The lowest BCUT2D eigenvalue weighted by molar-refractivity contribution is 1.24. The van der Waals surface area contributed by atoms with Crippen LogP contribution in [0.25, 0.3) is 16.1 Å². The van der Waals surface area contributed by atoms with E-state index in [2.05, 4.69) is 137 Å². The maximum Gasteiger partial charge on any atom is 0.0606 e. The molecule has 0 radical (unpaired) electrons. The first-order chi connectivity index (χ1) is 15.3. The zero-order valence-electron chi connectivity index (χ0n) is 16.9. The minimum Gasteiger partial charge on any atom is -0.112 e. The van der Waals surface area contributed by atoms with E-state index < -0.39 is 0 Å². The summed E-state index contributed by atoms with van der Waals surface area (Å²) in [4.78, 5) is 1.30. The summed E-state index contributed by atoms with van der Waals surface area (Å²) < 4.78 is 1.09. The molecule has 0 N–H and O–H groups in total. The molecule has 5 rings (SSSR count). The third-order valence-corrected chi connectivity index (χ3v) is 7.35. The van der Waals surface area contributed by atoms with E-state index in [-0.39, 0.29) is 5.25 Å². The Kier molecular flexibility index (Phi) is 5.93. The van der Waals surface area contributed by atoms with Crippen LogP contribution in [-0.2, 0) is 0 Å². The number of allylic oxidation sites excluding steroid dienone is 2. The molecule has 4 aromatic carbocycles. The van der Waals surface area contributed by atoms with Gasteiger partial charge in [-0.3, -0.25) is 0 Å². The highest BCUT2D eigenvalue weighted by atomic mass is 79.9. The predicted octanol–water partition coefficient (Wildman–Crippen LogP) is 8.89. The van der Waals surface area contributed by atoms with Crippen molar-refractivity contribution in [3.8, 4) is 0 Å². The van der Waals surface area contributed by atoms with Crippen LogP contribution in [0, 0.1) is 0 Å². The molecule has 150 valence electrons. The maximum atomic E-state index is 3.59. The van der Waals surface area contributed by atoms with Gasteiger partial charge in [0.25, 0.3) is 0 Å². The molecule has 0 aliphatic carbocycles. The number of rotatable bonds is 4. The molecule has 0 saturated carbocycles. The summed E-state index contributed by atoms with van der Waals surface area (Å²) in [5, 5.41) is 0.211. The van der Waals surface area contributed by atoms with Crippen LogP contribution >= 0.6 is 27.7 Å². The first-order valence-electron chi connectivity index (χ1n) is 10.3. The molecule has 0 bridgehead atoms. The zero-order valence-corrected chi connectivity index (χ0v) is 19.3. The molecular formula is C29H21BrS. The van der Waals surface area contributed by atoms with Crippen LogP contribution in [0.3, 0.4) is 0 Å². The number of halogens is 1. The van der Waals surface area contributed by atoms with E-state index in [1.165, 1.54) is 38.3 Å². The van der Waals surface area contributed by atoms with Crippen LogP contribution in [0.15, 0.2) is 126 Å². The Morgan fingerprint density at radius 2 is 1.10 bits per heavy atom. The number of hydrogen-bond acceptors (Lipinski definition) is 1. The van der Waals surface area contributed by atoms with Crippen LogP contribution in [0.1, 0.15) is 27.5 Å². The molecule has 2 heteroatoms. The van der Waals surface area contributed by atoms with Crippen molar-refractivity contribution < 1.29 is 0 Å². The predicted molar refractivity (Wildman–Crippen MR) is 139 cm³/mol. The molecule has 1 atom stereocenters.